The van der Waals surface area contributed by atoms with Crippen molar-refractivity contribution in [1.82, 2.24) is 24.6 Å². The standard InChI is InChI=1S/C23H23ClFN5O/c1-14(31)29-12-17-11-18(24)8-9-20(17)30-21(13-29)27-28-23(30)16-6-4-15(5-7-16)22-19(25)3-2-10-26-22/h2-3,8-11,15-16H,4-7,12-13H2,1H3/t15-,16-. The molecule has 0 N–H and O–H groups in total. The minimum absolute atomic E-state index is 0.0122. The zero-order valence-corrected chi connectivity index (χ0v) is 18.0. The Kier molecular flexibility index (Phi) is 5.22. The third-order valence-electron chi connectivity index (χ3n) is 6.44. The molecule has 2 aromatic heterocycles. The van der Waals surface area contributed by atoms with Crippen molar-refractivity contribution >= 4 is 17.5 Å². The van der Waals surface area contributed by atoms with Gasteiger partial charge in [-0.2, -0.15) is 0 Å². The Balaban J connectivity index is 1.47. The highest BCUT2D eigenvalue weighted by Gasteiger charge is 2.32. The third-order valence-corrected chi connectivity index (χ3v) is 6.68. The molecule has 1 aliphatic carbocycles. The van der Waals surface area contributed by atoms with Crippen molar-refractivity contribution in [2.75, 3.05) is 0 Å². The second-order valence-corrected chi connectivity index (χ2v) is 8.81. The van der Waals surface area contributed by atoms with Gasteiger partial charge in [0, 0.05) is 36.5 Å². The summed E-state index contributed by atoms with van der Waals surface area (Å²) in [4.78, 5) is 18.2. The van der Waals surface area contributed by atoms with Crippen molar-refractivity contribution < 1.29 is 9.18 Å². The smallest absolute Gasteiger partial charge is 0.220 e. The van der Waals surface area contributed by atoms with Gasteiger partial charge in [0.05, 0.1) is 17.9 Å². The number of aromatic nitrogens is 4. The topological polar surface area (TPSA) is 63.9 Å². The van der Waals surface area contributed by atoms with Crippen LogP contribution in [0.5, 0.6) is 0 Å². The second-order valence-electron chi connectivity index (χ2n) is 8.38. The zero-order valence-electron chi connectivity index (χ0n) is 17.3. The van der Waals surface area contributed by atoms with Crippen LogP contribution in [0.15, 0.2) is 36.5 Å². The monoisotopic (exact) mass is 439 g/mol. The quantitative estimate of drug-likeness (QED) is 0.577. The van der Waals surface area contributed by atoms with Crippen LogP contribution < -0.4 is 0 Å². The summed E-state index contributed by atoms with van der Waals surface area (Å²) in [5.41, 5.74) is 2.52. The lowest BCUT2D eigenvalue weighted by molar-refractivity contribution is -0.130. The lowest BCUT2D eigenvalue weighted by Crippen LogP contribution is -2.27. The summed E-state index contributed by atoms with van der Waals surface area (Å²) >= 11 is 6.25. The summed E-state index contributed by atoms with van der Waals surface area (Å²) in [5, 5.41) is 9.63. The van der Waals surface area contributed by atoms with E-state index in [1.165, 1.54) is 6.07 Å². The van der Waals surface area contributed by atoms with Gasteiger partial charge in [0.1, 0.15) is 11.6 Å². The van der Waals surface area contributed by atoms with Gasteiger partial charge in [-0.3, -0.25) is 14.3 Å². The van der Waals surface area contributed by atoms with Crippen LogP contribution in [0.4, 0.5) is 4.39 Å². The highest BCUT2D eigenvalue weighted by molar-refractivity contribution is 6.30. The van der Waals surface area contributed by atoms with Gasteiger partial charge in [0.2, 0.25) is 5.91 Å². The van der Waals surface area contributed by atoms with Gasteiger partial charge in [0.25, 0.3) is 0 Å². The summed E-state index contributed by atoms with van der Waals surface area (Å²) < 4.78 is 16.3. The van der Waals surface area contributed by atoms with E-state index in [-0.39, 0.29) is 23.6 Å². The van der Waals surface area contributed by atoms with Crippen LogP contribution in [0.25, 0.3) is 5.69 Å². The summed E-state index contributed by atoms with van der Waals surface area (Å²) in [6, 6.07) is 8.86. The first kappa shape index (κ1) is 20.1. The molecule has 1 aliphatic heterocycles. The SMILES string of the molecule is CC(=O)N1Cc2cc(Cl)ccc2-n2c(nnc2[C@H]2CC[C@H](c3ncccc3F)CC2)C1. The number of hydrogen-bond acceptors (Lipinski definition) is 4. The molecule has 0 radical (unpaired) electrons. The molecule has 6 nitrogen and oxygen atoms in total. The van der Waals surface area contributed by atoms with E-state index in [0.29, 0.717) is 23.8 Å². The van der Waals surface area contributed by atoms with Crippen molar-refractivity contribution in [2.45, 2.75) is 57.5 Å². The van der Waals surface area contributed by atoms with Gasteiger partial charge < -0.3 is 4.90 Å². The van der Waals surface area contributed by atoms with Gasteiger partial charge in [-0.1, -0.05) is 11.6 Å². The fraction of sp³-hybridized carbons (Fsp3) is 0.391. The molecule has 1 aromatic carbocycles. The Labute approximate surface area is 185 Å². The zero-order chi connectivity index (χ0) is 21.5. The van der Waals surface area contributed by atoms with Crippen molar-refractivity contribution in [3.05, 3.63) is 70.3 Å². The Morgan fingerprint density at radius 3 is 2.61 bits per heavy atom. The molecule has 0 atom stereocenters. The number of carbonyl (C=O) groups excluding carboxylic acids is 1. The first-order valence-electron chi connectivity index (χ1n) is 10.6. The van der Waals surface area contributed by atoms with E-state index in [1.807, 2.05) is 18.2 Å². The van der Waals surface area contributed by atoms with Crippen LogP contribution in [0.1, 0.15) is 67.3 Å². The van der Waals surface area contributed by atoms with E-state index in [1.54, 1.807) is 24.1 Å². The van der Waals surface area contributed by atoms with Crippen LogP contribution in [0.2, 0.25) is 5.02 Å². The van der Waals surface area contributed by atoms with Crippen molar-refractivity contribution in [1.29, 1.82) is 0 Å². The minimum Gasteiger partial charge on any atom is -0.331 e. The molecule has 1 saturated carbocycles. The number of benzene rings is 1. The predicted molar refractivity (Wildman–Crippen MR) is 114 cm³/mol. The van der Waals surface area contributed by atoms with Gasteiger partial charge in [-0.05, 0) is 61.6 Å². The second kappa shape index (κ2) is 8.04. The highest BCUT2D eigenvalue weighted by atomic mass is 35.5. The molecule has 5 rings (SSSR count). The molecule has 31 heavy (non-hydrogen) atoms. The number of carbonyl (C=O) groups is 1. The van der Waals surface area contributed by atoms with Crippen LogP contribution in [0.3, 0.4) is 0 Å². The van der Waals surface area contributed by atoms with E-state index >= 15 is 0 Å². The van der Waals surface area contributed by atoms with Crippen LogP contribution >= 0.6 is 11.6 Å². The van der Waals surface area contributed by atoms with Crippen molar-refractivity contribution in [2.24, 2.45) is 0 Å². The highest BCUT2D eigenvalue weighted by Crippen LogP contribution is 2.41. The first-order valence-corrected chi connectivity index (χ1v) is 11.0. The number of pyridine rings is 1. The number of nitrogens with zero attached hydrogens (tertiary/aromatic N) is 5. The van der Waals surface area contributed by atoms with Gasteiger partial charge in [0.15, 0.2) is 5.82 Å². The Bertz CT molecular complexity index is 1140. The van der Waals surface area contributed by atoms with E-state index in [2.05, 4.69) is 19.7 Å². The normalized spacial score (nSPS) is 20.7. The lowest BCUT2D eigenvalue weighted by atomic mass is 9.79. The largest absolute Gasteiger partial charge is 0.331 e. The predicted octanol–water partition coefficient (Wildman–Crippen LogP) is 4.76. The van der Waals surface area contributed by atoms with E-state index in [0.717, 1.165) is 48.6 Å². The van der Waals surface area contributed by atoms with E-state index in [4.69, 9.17) is 11.6 Å². The molecule has 1 amide bonds. The molecular formula is C23H23ClFN5O. The molecule has 3 heterocycles. The number of fused-ring (bicyclic) bond motifs is 3. The summed E-state index contributed by atoms with van der Waals surface area (Å²) in [7, 11) is 0. The first-order chi connectivity index (χ1) is 15.0. The molecule has 0 saturated heterocycles. The summed E-state index contributed by atoms with van der Waals surface area (Å²) in [6.45, 7) is 2.46. The minimum atomic E-state index is -0.225. The maximum Gasteiger partial charge on any atom is 0.220 e. The summed E-state index contributed by atoms with van der Waals surface area (Å²) in [5.74, 6) is 1.77. The molecule has 1 fully saturated rings. The molecule has 3 aromatic rings. The van der Waals surface area contributed by atoms with Crippen LogP contribution in [-0.2, 0) is 17.9 Å². The van der Waals surface area contributed by atoms with E-state index < -0.39 is 0 Å². The number of hydrogen-bond donors (Lipinski definition) is 0. The number of rotatable bonds is 2. The molecule has 0 unspecified atom stereocenters. The number of amides is 1. The molecule has 8 heteroatoms. The lowest BCUT2D eigenvalue weighted by Gasteiger charge is -2.28. The Morgan fingerprint density at radius 1 is 1.10 bits per heavy atom. The van der Waals surface area contributed by atoms with Gasteiger partial charge >= 0.3 is 0 Å². The fourth-order valence-electron chi connectivity index (χ4n) is 4.84. The van der Waals surface area contributed by atoms with Crippen molar-refractivity contribution in [3.63, 3.8) is 0 Å². The molecular weight excluding hydrogens is 417 g/mol. The maximum atomic E-state index is 14.2. The molecule has 2 aliphatic rings. The average molecular weight is 440 g/mol. The molecule has 0 spiro atoms. The average Bonchev–Trinajstić information content (AvgIpc) is 3.10. The van der Waals surface area contributed by atoms with Gasteiger partial charge in [-0.25, -0.2) is 4.39 Å². The van der Waals surface area contributed by atoms with Gasteiger partial charge in [-0.15, -0.1) is 10.2 Å². The maximum absolute atomic E-state index is 14.2. The third kappa shape index (κ3) is 3.71. The molecule has 160 valence electrons. The van der Waals surface area contributed by atoms with Crippen LogP contribution in [0, 0.1) is 5.82 Å². The fourth-order valence-corrected chi connectivity index (χ4v) is 5.03. The summed E-state index contributed by atoms with van der Waals surface area (Å²) in [6.07, 6.45) is 5.14. The van der Waals surface area contributed by atoms with Crippen LogP contribution in [-0.4, -0.2) is 30.6 Å². The van der Waals surface area contributed by atoms with Crippen molar-refractivity contribution in [3.8, 4) is 5.69 Å². The Morgan fingerprint density at radius 2 is 1.87 bits per heavy atom. The molecule has 0 bridgehead atoms. The number of halogens is 2. The Hall–Kier alpha value is -2.80. The van der Waals surface area contributed by atoms with E-state index in [9.17, 15) is 9.18 Å².